The van der Waals surface area contributed by atoms with Gasteiger partial charge in [-0.15, -0.1) is 0 Å². The van der Waals surface area contributed by atoms with E-state index < -0.39 is 22.6 Å². The van der Waals surface area contributed by atoms with Crippen LogP contribution in [0.5, 0.6) is 0 Å². The summed E-state index contributed by atoms with van der Waals surface area (Å²) in [5.41, 5.74) is 2.82. The van der Waals surface area contributed by atoms with Gasteiger partial charge < -0.3 is 9.67 Å². The third-order valence-electron chi connectivity index (χ3n) is 5.31. The van der Waals surface area contributed by atoms with Crippen LogP contribution in [0.4, 0.5) is 10.1 Å². The standard InChI is InChI=1S/C24H19FN2O4/c25-18-8-4-7-17(11-18)20(13-24(28)29)22-15-26(14-16-5-2-1-3-6-16)23-10-9-19(27(30)31)12-21(22)23/h1-12,15,20H,13-14H2,(H,28,29). The lowest BCUT2D eigenvalue weighted by molar-refractivity contribution is -0.384. The van der Waals surface area contributed by atoms with E-state index in [9.17, 15) is 24.4 Å². The predicted octanol–water partition coefficient (Wildman–Crippen LogP) is 5.34. The molecule has 1 atom stereocenters. The number of hydrogen-bond acceptors (Lipinski definition) is 3. The number of hydrogen-bond donors (Lipinski definition) is 1. The molecule has 1 heterocycles. The smallest absolute Gasteiger partial charge is 0.304 e. The molecule has 0 spiro atoms. The number of fused-ring (bicyclic) bond motifs is 1. The molecular formula is C24H19FN2O4. The molecule has 0 amide bonds. The van der Waals surface area contributed by atoms with Crippen molar-refractivity contribution in [3.05, 3.63) is 112 Å². The van der Waals surface area contributed by atoms with E-state index in [0.717, 1.165) is 11.1 Å². The zero-order valence-corrected chi connectivity index (χ0v) is 16.4. The third-order valence-corrected chi connectivity index (χ3v) is 5.31. The molecule has 0 aliphatic carbocycles. The molecule has 0 saturated heterocycles. The Kier molecular flexibility index (Phi) is 5.49. The molecule has 4 aromatic rings. The van der Waals surface area contributed by atoms with Gasteiger partial charge in [0.2, 0.25) is 0 Å². The molecule has 6 nitrogen and oxygen atoms in total. The van der Waals surface area contributed by atoms with Crippen molar-refractivity contribution in [3.63, 3.8) is 0 Å². The molecule has 31 heavy (non-hydrogen) atoms. The number of carboxylic acids is 1. The second kappa shape index (κ2) is 8.39. The minimum absolute atomic E-state index is 0.0838. The summed E-state index contributed by atoms with van der Waals surface area (Å²) >= 11 is 0. The fraction of sp³-hybridized carbons (Fsp3) is 0.125. The highest BCUT2D eigenvalue weighted by Crippen LogP contribution is 2.37. The number of carbonyl (C=O) groups is 1. The normalized spacial score (nSPS) is 12.0. The second-order valence-corrected chi connectivity index (χ2v) is 7.36. The van der Waals surface area contributed by atoms with Gasteiger partial charge in [-0.2, -0.15) is 0 Å². The largest absolute Gasteiger partial charge is 0.481 e. The Morgan fingerprint density at radius 1 is 1.06 bits per heavy atom. The Hall–Kier alpha value is -4.00. The Morgan fingerprint density at radius 2 is 1.84 bits per heavy atom. The van der Waals surface area contributed by atoms with Gasteiger partial charge in [0, 0.05) is 41.7 Å². The van der Waals surface area contributed by atoms with Crippen molar-refractivity contribution in [2.75, 3.05) is 0 Å². The van der Waals surface area contributed by atoms with Crippen LogP contribution in [0.2, 0.25) is 0 Å². The first-order valence-corrected chi connectivity index (χ1v) is 9.70. The van der Waals surface area contributed by atoms with Crippen LogP contribution in [0.15, 0.2) is 79.0 Å². The molecule has 156 valence electrons. The SMILES string of the molecule is O=C(O)CC(c1cccc(F)c1)c1cn(Cc2ccccc2)c2ccc([N+](=O)[O-])cc12. The van der Waals surface area contributed by atoms with E-state index in [-0.39, 0.29) is 12.1 Å². The van der Waals surface area contributed by atoms with Crippen LogP contribution < -0.4 is 0 Å². The van der Waals surface area contributed by atoms with Crippen molar-refractivity contribution in [1.82, 2.24) is 4.57 Å². The Labute approximate surface area is 177 Å². The highest BCUT2D eigenvalue weighted by Gasteiger charge is 2.24. The van der Waals surface area contributed by atoms with E-state index in [1.807, 2.05) is 41.1 Å². The first-order chi connectivity index (χ1) is 14.9. The molecule has 0 saturated carbocycles. The monoisotopic (exact) mass is 418 g/mol. The first-order valence-electron chi connectivity index (χ1n) is 9.70. The summed E-state index contributed by atoms with van der Waals surface area (Å²) in [7, 11) is 0. The molecule has 0 bridgehead atoms. The van der Waals surface area contributed by atoms with Crippen LogP contribution in [0.25, 0.3) is 10.9 Å². The van der Waals surface area contributed by atoms with Crippen LogP contribution >= 0.6 is 0 Å². The molecule has 3 aromatic carbocycles. The van der Waals surface area contributed by atoms with Crippen LogP contribution in [0.1, 0.15) is 29.0 Å². The summed E-state index contributed by atoms with van der Waals surface area (Å²) in [5, 5.41) is 21.5. The summed E-state index contributed by atoms with van der Waals surface area (Å²) < 4.78 is 15.9. The van der Waals surface area contributed by atoms with Gasteiger partial charge in [0.1, 0.15) is 5.82 Å². The Balaban J connectivity index is 1.92. The van der Waals surface area contributed by atoms with Crippen molar-refractivity contribution in [3.8, 4) is 0 Å². The maximum atomic E-state index is 13.9. The highest BCUT2D eigenvalue weighted by atomic mass is 19.1. The summed E-state index contributed by atoms with van der Waals surface area (Å²) in [5.74, 6) is -2.16. The second-order valence-electron chi connectivity index (χ2n) is 7.36. The molecule has 0 fully saturated rings. The molecule has 1 unspecified atom stereocenters. The number of aliphatic carboxylic acids is 1. The fourth-order valence-electron chi connectivity index (χ4n) is 3.92. The molecule has 0 aliphatic rings. The zero-order chi connectivity index (χ0) is 22.0. The number of nitro benzene ring substituents is 1. The average molecular weight is 418 g/mol. The number of nitro groups is 1. The van der Waals surface area contributed by atoms with E-state index in [1.54, 1.807) is 12.1 Å². The lowest BCUT2D eigenvalue weighted by Gasteiger charge is -2.15. The van der Waals surface area contributed by atoms with Crippen molar-refractivity contribution in [1.29, 1.82) is 0 Å². The molecule has 4 rings (SSSR count). The van der Waals surface area contributed by atoms with E-state index in [1.165, 1.54) is 30.3 Å². The first kappa shape index (κ1) is 20.3. The Morgan fingerprint density at radius 3 is 2.52 bits per heavy atom. The van der Waals surface area contributed by atoms with Gasteiger partial charge in [-0.3, -0.25) is 14.9 Å². The predicted molar refractivity (Wildman–Crippen MR) is 115 cm³/mol. The van der Waals surface area contributed by atoms with E-state index >= 15 is 0 Å². The number of halogens is 1. The quantitative estimate of drug-likeness (QED) is 0.324. The topological polar surface area (TPSA) is 85.4 Å². The molecule has 7 heteroatoms. The number of aromatic nitrogens is 1. The van der Waals surface area contributed by atoms with Crippen LogP contribution in [-0.4, -0.2) is 20.6 Å². The van der Waals surface area contributed by atoms with Gasteiger partial charge in [0.05, 0.1) is 11.3 Å². The van der Waals surface area contributed by atoms with Gasteiger partial charge in [0.25, 0.3) is 5.69 Å². The number of rotatable bonds is 7. The summed E-state index contributed by atoms with van der Waals surface area (Å²) in [6.07, 6.45) is 1.55. The minimum Gasteiger partial charge on any atom is -0.481 e. The maximum absolute atomic E-state index is 13.9. The van der Waals surface area contributed by atoms with Gasteiger partial charge in [-0.1, -0.05) is 42.5 Å². The molecule has 1 N–H and O–H groups in total. The van der Waals surface area contributed by atoms with Gasteiger partial charge in [0.15, 0.2) is 0 Å². The third kappa shape index (κ3) is 4.30. The van der Waals surface area contributed by atoms with Gasteiger partial charge in [-0.05, 0) is 34.9 Å². The number of benzene rings is 3. The lowest BCUT2D eigenvalue weighted by atomic mass is 9.88. The zero-order valence-electron chi connectivity index (χ0n) is 16.4. The van der Waals surface area contributed by atoms with Gasteiger partial charge >= 0.3 is 5.97 Å². The van der Waals surface area contributed by atoms with E-state index in [0.29, 0.717) is 23.1 Å². The fourth-order valence-corrected chi connectivity index (χ4v) is 3.92. The molecule has 1 aromatic heterocycles. The summed E-state index contributed by atoms with van der Waals surface area (Å²) in [6.45, 7) is 0.512. The average Bonchev–Trinajstić information content (AvgIpc) is 3.10. The maximum Gasteiger partial charge on any atom is 0.304 e. The minimum atomic E-state index is -1.04. The number of non-ortho nitro benzene ring substituents is 1. The Bertz CT molecular complexity index is 1270. The lowest BCUT2D eigenvalue weighted by Crippen LogP contribution is -2.08. The molecule has 0 radical (unpaired) electrons. The molecule has 0 aliphatic heterocycles. The van der Waals surface area contributed by atoms with Crippen LogP contribution in [-0.2, 0) is 11.3 Å². The van der Waals surface area contributed by atoms with Crippen LogP contribution in [0, 0.1) is 15.9 Å². The summed E-state index contributed by atoms with van der Waals surface area (Å²) in [6, 6.07) is 20.1. The van der Waals surface area contributed by atoms with E-state index in [2.05, 4.69) is 0 Å². The number of nitrogens with zero attached hydrogens (tertiary/aromatic N) is 2. The van der Waals surface area contributed by atoms with Gasteiger partial charge in [-0.25, -0.2) is 4.39 Å². The van der Waals surface area contributed by atoms with E-state index in [4.69, 9.17) is 0 Å². The van der Waals surface area contributed by atoms with Crippen molar-refractivity contribution >= 4 is 22.6 Å². The number of carboxylic acid groups (broad SMARTS) is 1. The molecular weight excluding hydrogens is 399 g/mol. The van der Waals surface area contributed by atoms with Crippen molar-refractivity contribution in [2.24, 2.45) is 0 Å². The van der Waals surface area contributed by atoms with Crippen molar-refractivity contribution < 1.29 is 19.2 Å². The van der Waals surface area contributed by atoms with Crippen LogP contribution in [0.3, 0.4) is 0 Å². The summed E-state index contributed by atoms with van der Waals surface area (Å²) in [4.78, 5) is 22.5. The highest BCUT2D eigenvalue weighted by molar-refractivity contribution is 5.88. The van der Waals surface area contributed by atoms with Crippen molar-refractivity contribution in [2.45, 2.75) is 18.9 Å².